The zero-order valence-corrected chi connectivity index (χ0v) is 10.5. The molecule has 2 aromatic rings. The zero-order chi connectivity index (χ0) is 13.1. The lowest BCUT2D eigenvalue weighted by atomic mass is 10.2. The van der Waals surface area contributed by atoms with Gasteiger partial charge in [-0.2, -0.15) is 0 Å². The van der Waals surface area contributed by atoms with Gasteiger partial charge in [-0.15, -0.1) is 10.2 Å². The number of amides is 1. The van der Waals surface area contributed by atoms with Crippen molar-refractivity contribution in [3.8, 4) is 11.5 Å². The molecule has 1 heterocycles. The first kappa shape index (κ1) is 11.9. The van der Waals surface area contributed by atoms with Crippen LogP contribution in [-0.2, 0) is 11.2 Å². The summed E-state index contributed by atoms with van der Waals surface area (Å²) in [6.07, 6.45) is 2.59. The van der Waals surface area contributed by atoms with E-state index in [0.717, 1.165) is 12.1 Å². The molecule has 1 N–H and O–H groups in total. The molecular weight excluding hydrogens is 242 g/mol. The van der Waals surface area contributed by atoms with Crippen molar-refractivity contribution in [2.75, 3.05) is 6.54 Å². The summed E-state index contributed by atoms with van der Waals surface area (Å²) in [5.74, 6) is 1.42. The van der Waals surface area contributed by atoms with Gasteiger partial charge in [0.05, 0.1) is 0 Å². The Kier molecular flexibility index (Phi) is 3.27. The summed E-state index contributed by atoms with van der Waals surface area (Å²) in [6, 6.07) is 9.52. The van der Waals surface area contributed by atoms with Gasteiger partial charge in [-0.3, -0.25) is 4.79 Å². The van der Waals surface area contributed by atoms with Crippen molar-refractivity contribution in [3.05, 3.63) is 36.2 Å². The quantitative estimate of drug-likeness (QED) is 0.887. The number of carbonyl (C=O) groups excluding carboxylic acids is 1. The second kappa shape index (κ2) is 5.22. The minimum Gasteiger partial charge on any atom is -0.420 e. The van der Waals surface area contributed by atoms with E-state index in [1.54, 1.807) is 0 Å². The molecule has 0 saturated heterocycles. The molecule has 19 heavy (non-hydrogen) atoms. The second-order valence-electron chi connectivity index (χ2n) is 4.79. The molecule has 5 heteroatoms. The lowest BCUT2D eigenvalue weighted by Crippen LogP contribution is -2.27. The molecule has 0 bridgehead atoms. The molecule has 1 fully saturated rings. The summed E-state index contributed by atoms with van der Waals surface area (Å²) in [5.41, 5.74) is 0.861. The molecular formula is C14H15N3O2. The van der Waals surface area contributed by atoms with Gasteiger partial charge in [-0.25, -0.2) is 0 Å². The molecule has 98 valence electrons. The fourth-order valence-corrected chi connectivity index (χ4v) is 1.80. The fraction of sp³-hybridized carbons (Fsp3) is 0.357. The van der Waals surface area contributed by atoms with Crippen LogP contribution in [0, 0.1) is 5.92 Å². The summed E-state index contributed by atoms with van der Waals surface area (Å²) in [6.45, 7) is 0.762. The monoisotopic (exact) mass is 257 g/mol. The van der Waals surface area contributed by atoms with Crippen LogP contribution in [0.5, 0.6) is 0 Å². The topological polar surface area (TPSA) is 68.0 Å². The third kappa shape index (κ3) is 3.19. The van der Waals surface area contributed by atoms with E-state index in [4.69, 9.17) is 4.42 Å². The maximum absolute atomic E-state index is 11.7. The summed E-state index contributed by atoms with van der Waals surface area (Å²) in [7, 11) is 0. The Morgan fingerprint density at radius 1 is 1.26 bits per heavy atom. The number of nitrogens with one attached hydrogen (secondary N) is 1. The van der Waals surface area contributed by atoms with Crippen molar-refractivity contribution in [1.29, 1.82) is 0 Å². The van der Waals surface area contributed by atoms with E-state index in [1.807, 2.05) is 30.3 Å². The Morgan fingerprint density at radius 2 is 2.05 bits per heavy atom. The van der Waals surface area contributed by atoms with E-state index in [-0.39, 0.29) is 12.3 Å². The molecule has 1 aliphatic carbocycles. The molecule has 3 rings (SSSR count). The molecule has 0 atom stereocenters. The van der Waals surface area contributed by atoms with E-state index in [0.29, 0.717) is 17.7 Å². The van der Waals surface area contributed by atoms with E-state index >= 15 is 0 Å². The zero-order valence-electron chi connectivity index (χ0n) is 10.5. The van der Waals surface area contributed by atoms with Gasteiger partial charge in [0.1, 0.15) is 6.42 Å². The number of hydrogen-bond donors (Lipinski definition) is 1. The number of aromatic nitrogens is 2. The van der Waals surface area contributed by atoms with Crippen molar-refractivity contribution in [3.63, 3.8) is 0 Å². The minimum atomic E-state index is -0.0600. The first-order chi connectivity index (χ1) is 9.31. The van der Waals surface area contributed by atoms with Crippen molar-refractivity contribution in [1.82, 2.24) is 15.5 Å². The smallest absolute Gasteiger partial charge is 0.247 e. The van der Waals surface area contributed by atoms with Gasteiger partial charge in [-0.1, -0.05) is 18.2 Å². The van der Waals surface area contributed by atoms with Crippen LogP contribution in [0.25, 0.3) is 11.5 Å². The van der Waals surface area contributed by atoms with Crippen molar-refractivity contribution >= 4 is 5.91 Å². The number of rotatable bonds is 5. The number of benzene rings is 1. The molecule has 1 amide bonds. The molecule has 0 spiro atoms. The molecule has 1 aliphatic rings. The SMILES string of the molecule is O=C(Cc1nnc(-c2ccccc2)o1)NCC1CC1. The van der Waals surface area contributed by atoms with Gasteiger partial charge in [0.2, 0.25) is 17.7 Å². The van der Waals surface area contributed by atoms with Crippen molar-refractivity contribution < 1.29 is 9.21 Å². The third-order valence-electron chi connectivity index (χ3n) is 3.08. The summed E-state index contributed by atoms with van der Waals surface area (Å²) in [4.78, 5) is 11.7. The van der Waals surface area contributed by atoms with Crippen molar-refractivity contribution in [2.45, 2.75) is 19.3 Å². The van der Waals surface area contributed by atoms with E-state index in [2.05, 4.69) is 15.5 Å². The summed E-state index contributed by atoms with van der Waals surface area (Å²) < 4.78 is 5.48. The minimum absolute atomic E-state index is 0.0600. The summed E-state index contributed by atoms with van der Waals surface area (Å²) >= 11 is 0. The lowest BCUT2D eigenvalue weighted by Gasteiger charge is -2.00. The van der Waals surface area contributed by atoms with Crippen molar-refractivity contribution in [2.24, 2.45) is 5.92 Å². The first-order valence-electron chi connectivity index (χ1n) is 6.46. The van der Waals surface area contributed by atoms with E-state index < -0.39 is 0 Å². The molecule has 1 aromatic heterocycles. The Labute approximate surface area is 111 Å². The Morgan fingerprint density at radius 3 is 2.79 bits per heavy atom. The maximum Gasteiger partial charge on any atom is 0.247 e. The molecule has 0 aliphatic heterocycles. The fourth-order valence-electron chi connectivity index (χ4n) is 1.80. The van der Waals surface area contributed by atoms with Gasteiger partial charge < -0.3 is 9.73 Å². The Hall–Kier alpha value is -2.17. The van der Waals surface area contributed by atoms with Crippen LogP contribution in [0.1, 0.15) is 18.7 Å². The van der Waals surface area contributed by atoms with Crippen LogP contribution in [0.15, 0.2) is 34.7 Å². The lowest BCUT2D eigenvalue weighted by molar-refractivity contribution is -0.120. The van der Waals surface area contributed by atoms with Crippen LogP contribution in [-0.4, -0.2) is 22.6 Å². The average Bonchev–Trinajstić information content (AvgIpc) is 3.16. The summed E-state index contributed by atoms with van der Waals surface area (Å²) in [5, 5.41) is 10.7. The molecule has 1 aromatic carbocycles. The number of nitrogens with zero attached hydrogens (tertiary/aromatic N) is 2. The van der Waals surface area contributed by atoms with Gasteiger partial charge in [0.15, 0.2) is 0 Å². The van der Waals surface area contributed by atoms with E-state index in [1.165, 1.54) is 12.8 Å². The molecule has 5 nitrogen and oxygen atoms in total. The van der Waals surface area contributed by atoms with Gasteiger partial charge in [-0.05, 0) is 30.9 Å². The Bertz CT molecular complexity index is 561. The normalized spacial score (nSPS) is 14.3. The highest BCUT2D eigenvalue weighted by molar-refractivity contribution is 5.77. The highest BCUT2D eigenvalue weighted by atomic mass is 16.4. The molecule has 0 radical (unpaired) electrons. The second-order valence-corrected chi connectivity index (χ2v) is 4.79. The third-order valence-corrected chi connectivity index (χ3v) is 3.08. The maximum atomic E-state index is 11.7. The average molecular weight is 257 g/mol. The molecule has 0 unspecified atom stereocenters. The highest BCUT2D eigenvalue weighted by Crippen LogP contribution is 2.27. The largest absolute Gasteiger partial charge is 0.420 e. The van der Waals surface area contributed by atoms with Crippen LogP contribution < -0.4 is 5.32 Å². The standard InChI is InChI=1S/C14H15N3O2/c18-12(15-9-10-6-7-10)8-13-16-17-14(19-13)11-4-2-1-3-5-11/h1-5,10H,6-9H2,(H,15,18). The van der Waals surface area contributed by atoms with Gasteiger partial charge in [0, 0.05) is 12.1 Å². The van der Waals surface area contributed by atoms with Gasteiger partial charge >= 0.3 is 0 Å². The predicted octanol–water partition coefficient (Wildman–Crippen LogP) is 1.81. The van der Waals surface area contributed by atoms with Crippen LogP contribution >= 0.6 is 0 Å². The highest BCUT2D eigenvalue weighted by Gasteiger charge is 2.22. The number of hydrogen-bond acceptors (Lipinski definition) is 4. The number of carbonyl (C=O) groups is 1. The predicted molar refractivity (Wildman–Crippen MR) is 69.2 cm³/mol. The van der Waals surface area contributed by atoms with Gasteiger partial charge in [0.25, 0.3) is 0 Å². The van der Waals surface area contributed by atoms with Crippen LogP contribution in [0.4, 0.5) is 0 Å². The van der Waals surface area contributed by atoms with Crippen LogP contribution in [0.2, 0.25) is 0 Å². The molecule has 1 saturated carbocycles. The first-order valence-corrected chi connectivity index (χ1v) is 6.46. The Balaban J connectivity index is 1.59. The van der Waals surface area contributed by atoms with E-state index in [9.17, 15) is 4.79 Å². The van der Waals surface area contributed by atoms with Crippen LogP contribution in [0.3, 0.4) is 0 Å².